The van der Waals surface area contributed by atoms with Gasteiger partial charge in [-0.2, -0.15) is 0 Å². The van der Waals surface area contributed by atoms with Crippen molar-refractivity contribution in [3.8, 4) is 0 Å². The molecule has 0 radical (unpaired) electrons. The van der Waals surface area contributed by atoms with Crippen molar-refractivity contribution in [3.63, 3.8) is 0 Å². The highest BCUT2D eigenvalue weighted by atomic mass is 16.2. The van der Waals surface area contributed by atoms with Crippen LogP contribution in [0.4, 0.5) is 0 Å². The summed E-state index contributed by atoms with van der Waals surface area (Å²) in [5, 5.41) is 0. The van der Waals surface area contributed by atoms with E-state index in [-0.39, 0.29) is 0 Å². The van der Waals surface area contributed by atoms with Gasteiger partial charge in [-0.05, 0) is 36.2 Å². The lowest BCUT2D eigenvalue weighted by Crippen LogP contribution is -2.24. The Hall–Kier alpha value is -1.27. The summed E-state index contributed by atoms with van der Waals surface area (Å²) in [6.45, 7) is 0.843. The number of fused-ring (bicyclic) bond motifs is 3. The third kappa shape index (κ3) is 1.06. The van der Waals surface area contributed by atoms with Crippen LogP contribution < -0.4 is 0 Å². The van der Waals surface area contributed by atoms with Crippen molar-refractivity contribution >= 4 is 5.91 Å². The number of amides is 1. The minimum atomic E-state index is 0.302. The molecule has 3 unspecified atom stereocenters. The molecule has 2 aliphatic carbocycles. The first-order valence-corrected chi connectivity index (χ1v) is 6.28. The van der Waals surface area contributed by atoms with Crippen molar-refractivity contribution in [2.75, 3.05) is 6.54 Å². The number of nitrogens with zero attached hydrogens (tertiary/aromatic N) is 1. The number of hydrogen-bond donors (Lipinski definition) is 0. The van der Waals surface area contributed by atoms with Crippen LogP contribution in [-0.4, -0.2) is 17.4 Å². The zero-order chi connectivity index (χ0) is 10.7. The Bertz CT molecular complexity index is 467. The van der Waals surface area contributed by atoms with Gasteiger partial charge in [-0.3, -0.25) is 4.79 Å². The van der Waals surface area contributed by atoms with Crippen molar-refractivity contribution in [1.82, 2.24) is 4.90 Å². The molecule has 2 bridgehead atoms. The molecule has 1 saturated carbocycles. The molecule has 16 heavy (non-hydrogen) atoms. The summed E-state index contributed by atoms with van der Waals surface area (Å²) in [6, 6.07) is 0. The summed E-state index contributed by atoms with van der Waals surface area (Å²) in [5.41, 5.74) is 6.08. The molecule has 4 rings (SSSR count). The number of carbonyl (C=O) groups is 1. The molecule has 0 spiro atoms. The maximum absolute atomic E-state index is 11.6. The van der Waals surface area contributed by atoms with Gasteiger partial charge in [0.05, 0.1) is 12.2 Å². The molecule has 2 heterocycles. The summed E-state index contributed by atoms with van der Waals surface area (Å²) in [4.78, 5) is 13.6. The van der Waals surface area contributed by atoms with Gasteiger partial charge in [-0.25, -0.2) is 0 Å². The van der Waals surface area contributed by atoms with Gasteiger partial charge in [-0.1, -0.05) is 17.9 Å². The topological polar surface area (TPSA) is 20.3 Å². The van der Waals surface area contributed by atoms with Crippen LogP contribution in [-0.2, 0) is 4.79 Å². The quantitative estimate of drug-likeness (QED) is 0.483. The van der Waals surface area contributed by atoms with Crippen LogP contribution in [0, 0.1) is 17.8 Å². The Morgan fingerprint density at radius 3 is 2.88 bits per heavy atom. The zero-order valence-electron chi connectivity index (χ0n) is 9.28. The third-order valence-corrected chi connectivity index (χ3v) is 4.56. The van der Waals surface area contributed by atoms with Gasteiger partial charge < -0.3 is 4.90 Å². The lowest BCUT2D eigenvalue weighted by Gasteiger charge is -2.20. The van der Waals surface area contributed by atoms with Crippen LogP contribution in [0.15, 0.2) is 29.2 Å². The van der Waals surface area contributed by atoms with E-state index in [4.69, 9.17) is 0 Å². The Balaban J connectivity index is 1.65. The predicted octanol–water partition coefficient (Wildman–Crippen LogP) is 2.24. The van der Waals surface area contributed by atoms with E-state index in [0.717, 1.165) is 30.5 Å². The van der Waals surface area contributed by atoms with Gasteiger partial charge in [0.1, 0.15) is 0 Å². The second-order valence-electron chi connectivity index (χ2n) is 5.46. The first-order valence-electron chi connectivity index (χ1n) is 6.28. The second-order valence-corrected chi connectivity index (χ2v) is 5.46. The first kappa shape index (κ1) is 8.83. The maximum Gasteiger partial charge on any atom is 0.227 e. The van der Waals surface area contributed by atoms with E-state index in [1.807, 2.05) is 4.90 Å². The van der Waals surface area contributed by atoms with Crippen molar-refractivity contribution in [2.24, 2.45) is 17.8 Å². The Kier molecular flexibility index (Phi) is 1.60. The van der Waals surface area contributed by atoms with Gasteiger partial charge in [-0.15, -0.1) is 0 Å². The van der Waals surface area contributed by atoms with Crippen molar-refractivity contribution in [3.05, 3.63) is 29.2 Å². The lowest BCUT2D eigenvalue weighted by molar-refractivity contribution is -0.126. The highest BCUT2D eigenvalue weighted by Gasteiger charge is 2.40. The van der Waals surface area contributed by atoms with Crippen LogP contribution in [0.2, 0.25) is 0 Å². The molecule has 0 N–H and O–H groups in total. The molecule has 1 amide bonds. The van der Waals surface area contributed by atoms with Gasteiger partial charge >= 0.3 is 0 Å². The zero-order valence-corrected chi connectivity index (χ0v) is 9.28. The SMILES string of the molecule is O=C1CCC2=C=C(C3CC4C=CC3C4)CN12. The van der Waals surface area contributed by atoms with E-state index in [9.17, 15) is 4.79 Å². The average Bonchev–Trinajstić information content (AvgIpc) is 2.99. The molecule has 3 atom stereocenters. The number of allylic oxidation sites excluding steroid dienone is 2. The molecule has 4 aliphatic rings. The molecule has 0 aromatic heterocycles. The van der Waals surface area contributed by atoms with Crippen LogP contribution in [0.5, 0.6) is 0 Å². The normalized spacial score (nSPS) is 39.4. The fourth-order valence-electron chi connectivity index (χ4n) is 3.75. The van der Waals surface area contributed by atoms with Gasteiger partial charge in [0.15, 0.2) is 0 Å². The summed E-state index contributed by atoms with van der Waals surface area (Å²) in [7, 11) is 0. The first-order chi connectivity index (χ1) is 7.81. The summed E-state index contributed by atoms with van der Waals surface area (Å²) < 4.78 is 0. The van der Waals surface area contributed by atoms with Crippen LogP contribution in [0.25, 0.3) is 0 Å². The second kappa shape index (κ2) is 2.89. The summed E-state index contributed by atoms with van der Waals surface area (Å²) in [5.74, 6) is 2.53. The molecule has 1 saturated heterocycles. The Morgan fingerprint density at radius 1 is 1.25 bits per heavy atom. The maximum atomic E-state index is 11.6. The van der Waals surface area contributed by atoms with E-state index in [0.29, 0.717) is 18.2 Å². The monoisotopic (exact) mass is 213 g/mol. The molecule has 0 aromatic rings. The standard InChI is InChI=1S/C14H15NO/c16-14-4-3-12-7-11(8-15(12)14)13-6-9-1-2-10(13)5-9/h1-2,9-10,13H,3-6,8H2. The summed E-state index contributed by atoms with van der Waals surface area (Å²) >= 11 is 0. The molecule has 82 valence electrons. The minimum absolute atomic E-state index is 0.302. The van der Waals surface area contributed by atoms with Crippen molar-refractivity contribution in [2.45, 2.75) is 25.7 Å². The highest BCUT2D eigenvalue weighted by molar-refractivity contribution is 5.82. The molecule has 2 heteroatoms. The van der Waals surface area contributed by atoms with Gasteiger partial charge in [0.25, 0.3) is 0 Å². The van der Waals surface area contributed by atoms with E-state index in [1.54, 1.807) is 0 Å². The molecular formula is C14H15NO. The lowest BCUT2D eigenvalue weighted by atomic mass is 9.87. The molecule has 2 aliphatic heterocycles. The van der Waals surface area contributed by atoms with Crippen molar-refractivity contribution in [1.29, 1.82) is 0 Å². The number of rotatable bonds is 1. The van der Waals surface area contributed by atoms with Gasteiger partial charge in [0.2, 0.25) is 5.91 Å². The van der Waals surface area contributed by atoms with Crippen LogP contribution >= 0.6 is 0 Å². The Labute approximate surface area is 95.3 Å². The van der Waals surface area contributed by atoms with E-state index in [1.165, 1.54) is 18.4 Å². The minimum Gasteiger partial charge on any atom is -0.304 e. The average molecular weight is 213 g/mol. The third-order valence-electron chi connectivity index (χ3n) is 4.56. The molecule has 2 nitrogen and oxygen atoms in total. The molecule has 2 fully saturated rings. The highest BCUT2D eigenvalue weighted by Crippen LogP contribution is 2.48. The Morgan fingerprint density at radius 2 is 2.19 bits per heavy atom. The fourth-order valence-corrected chi connectivity index (χ4v) is 3.75. The fraction of sp³-hybridized carbons (Fsp3) is 0.571. The largest absolute Gasteiger partial charge is 0.304 e. The molecular weight excluding hydrogens is 198 g/mol. The van der Waals surface area contributed by atoms with E-state index in [2.05, 4.69) is 17.9 Å². The van der Waals surface area contributed by atoms with E-state index < -0.39 is 0 Å². The predicted molar refractivity (Wildman–Crippen MR) is 60.3 cm³/mol. The smallest absolute Gasteiger partial charge is 0.227 e. The number of carbonyl (C=O) groups excluding carboxylic acids is 1. The van der Waals surface area contributed by atoms with Crippen molar-refractivity contribution < 1.29 is 4.79 Å². The van der Waals surface area contributed by atoms with E-state index >= 15 is 0 Å². The van der Waals surface area contributed by atoms with Crippen LogP contribution in [0.1, 0.15) is 25.7 Å². The summed E-state index contributed by atoms with van der Waals surface area (Å²) in [6.07, 6.45) is 8.99. The van der Waals surface area contributed by atoms with Gasteiger partial charge in [0, 0.05) is 12.8 Å². The van der Waals surface area contributed by atoms with Crippen LogP contribution in [0.3, 0.4) is 0 Å². The molecule has 0 aromatic carbocycles. The number of hydrogen-bond acceptors (Lipinski definition) is 1.